The minimum absolute atomic E-state index is 0.0693. The number of aryl methyl sites for hydroxylation is 1. The molecule has 0 bridgehead atoms. The number of nitrogens with zero attached hydrogens (tertiary/aromatic N) is 1. The van der Waals surface area contributed by atoms with Crippen molar-refractivity contribution in [1.29, 1.82) is 5.26 Å². The lowest BCUT2D eigenvalue weighted by Crippen LogP contribution is -2.04. The SMILES string of the molecule is CC.CC(=O)c1ccc(CCC(C=O)CCCCC#N)cc1. The molecule has 0 fully saturated rings. The van der Waals surface area contributed by atoms with Crippen LogP contribution < -0.4 is 0 Å². The monoisotopic (exact) mass is 301 g/mol. The number of hydrogen-bond acceptors (Lipinski definition) is 3. The van der Waals surface area contributed by atoms with Gasteiger partial charge in [-0.05, 0) is 38.2 Å². The van der Waals surface area contributed by atoms with Crippen molar-refractivity contribution in [3.63, 3.8) is 0 Å². The number of Topliss-reactive ketones (excluding diaryl/α,β-unsaturated/α-hetero) is 1. The van der Waals surface area contributed by atoms with Gasteiger partial charge in [0, 0.05) is 17.9 Å². The molecule has 0 amide bonds. The number of nitriles is 1. The molecule has 0 heterocycles. The van der Waals surface area contributed by atoms with Gasteiger partial charge in [-0.1, -0.05) is 44.5 Å². The second kappa shape index (κ2) is 12.8. The molecule has 120 valence electrons. The fourth-order valence-electron chi connectivity index (χ4n) is 2.15. The Morgan fingerprint density at radius 3 is 2.32 bits per heavy atom. The summed E-state index contributed by atoms with van der Waals surface area (Å²) in [5, 5.41) is 8.46. The Morgan fingerprint density at radius 2 is 1.82 bits per heavy atom. The highest BCUT2D eigenvalue weighted by Crippen LogP contribution is 2.15. The summed E-state index contributed by atoms with van der Waals surface area (Å²) in [7, 11) is 0. The topological polar surface area (TPSA) is 57.9 Å². The number of ketones is 1. The second-order valence-electron chi connectivity index (χ2n) is 5.09. The van der Waals surface area contributed by atoms with Crippen LogP contribution in [-0.2, 0) is 11.2 Å². The van der Waals surface area contributed by atoms with E-state index in [0.717, 1.165) is 49.5 Å². The maximum absolute atomic E-state index is 11.2. The first-order valence-electron chi connectivity index (χ1n) is 8.09. The largest absolute Gasteiger partial charge is 0.303 e. The molecule has 1 rings (SSSR count). The number of benzene rings is 1. The third-order valence-electron chi connectivity index (χ3n) is 3.47. The van der Waals surface area contributed by atoms with Crippen molar-refractivity contribution in [2.45, 2.75) is 59.3 Å². The molecular formula is C19H27NO2. The minimum atomic E-state index is 0.0693. The molecule has 1 unspecified atom stereocenters. The predicted molar refractivity (Wildman–Crippen MR) is 89.8 cm³/mol. The van der Waals surface area contributed by atoms with Crippen LogP contribution in [0.25, 0.3) is 0 Å². The van der Waals surface area contributed by atoms with E-state index in [9.17, 15) is 9.59 Å². The van der Waals surface area contributed by atoms with Crippen molar-refractivity contribution in [3.05, 3.63) is 35.4 Å². The van der Waals surface area contributed by atoms with Crippen LogP contribution in [-0.4, -0.2) is 12.1 Å². The molecule has 3 heteroatoms. The van der Waals surface area contributed by atoms with E-state index in [1.165, 1.54) is 0 Å². The highest BCUT2D eigenvalue weighted by Gasteiger charge is 2.08. The zero-order chi connectivity index (χ0) is 16.8. The molecule has 0 aliphatic carbocycles. The third kappa shape index (κ3) is 8.36. The molecule has 0 aliphatic heterocycles. The normalized spacial score (nSPS) is 10.8. The van der Waals surface area contributed by atoms with Gasteiger partial charge in [-0.3, -0.25) is 4.79 Å². The van der Waals surface area contributed by atoms with E-state index in [1.54, 1.807) is 6.92 Å². The molecule has 0 saturated heterocycles. The van der Waals surface area contributed by atoms with Gasteiger partial charge in [0.2, 0.25) is 0 Å². The van der Waals surface area contributed by atoms with Gasteiger partial charge in [0.1, 0.15) is 6.29 Å². The highest BCUT2D eigenvalue weighted by atomic mass is 16.1. The molecule has 0 aliphatic rings. The van der Waals surface area contributed by atoms with Gasteiger partial charge < -0.3 is 4.79 Å². The van der Waals surface area contributed by atoms with Crippen LogP contribution in [0.2, 0.25) is 0 Å². The first-order chi connectivity index (χ1) is 10.7. The number of carbonyl (C=O) groups excluding carboxylic acids is 2. The summed E-state index contributed by atoms with van der Waals surface area (Å²) in [6.45, 7) is 5.55. The van der Waals surface area contributed by atoms with E-state index >= 15 is 0 Å². The molecule has 0 radical (unpaired) electrons. The molecule has 0 saturated carbocycles. The van der Waals surface area contributed by atoms with Crippen LogP contribution in [0.4, 0.5) is 0 Å². The summed E-state index contributed by atoms with van der Waals surface area (Å²) in [5.74, 6) is 0.140. The van der Waals surface area contributed by atoms with Crippen LogP contribution in [0, 0.1) is 17.2 Å². The van der Waals surface area contributed by atoms with Crippen LogP contribution in [0.5, 0.6) is 0 Å². The summed E-state index contributed by atoms with van der Waals surface area (Å²) in [6, 6.07) is 9.69. The Kier molecular flexibility index (Phi) is 11.6. The van der Waals surface area contributed by atoms with E-state index < -0.39 is 0 Å². The molecular weight excluding hydrogens is 274 g/mol. The lowest BCUT2D eigenvalue weighted by Gasteiger charge is -2.09. The Morgan fingerprint density at radius 1 is 1.18 bits per heavy atom. The quantitative estimate of drug-likeness (QED) is 0.376. The van der Waals surface area contributed by atoms with Crippen molar-refractivity contribution < 1.29 is 9.59 Å². The lowest BCUT2D eigenvalue weighted by molar-refractivity contribution is -0.111. The Labute approximate surface area is 134 Å². The van der Waals surface area contributed by atoms with Crippen LogP contribution >= 0.6 is 0 Å². The molecule has 1 atom stereocenters. The van der Waals surface area contributed by atoms with Crippen molar-refractivity contribution in [2.75, 3.05) is 0 Å². The Bertz CT molecular complexity index is 471. The van der Waals surface area contributed by atoms with Crippen molar-refractivity contribution in [1.82, 2.24) is 0 Å². The van der Waals surface area contributed by atoms with Gasteiger partial charge >= 0.3 is 0 Å². The molecule has 22 heavy (non-hydrogen) atoms. The maximum atomic E-state index is 11.2. The highest BCUT2D eigenvalue weighted by molar-refractivity contribution is 5.93. The Balaban J connectivity index is 0.00000211. The zero-order valence-electron chi connectivity index (χ0n) is 14.0. The van der Waals surface area contributed by atoms with E-state index in [-0.39, 0.29) is 11.7 Å². The smallest absolute Gasteiger partial charge is 0.159 e. The van der Waals surface area contributed by atoms with Crippen molar-refractivity contribution in [2.24, 2.45) is 5.92 Å². The number of rotatable bonds is 9. The second-order valence-corrected chi connectivity index (χ2v) is 5.09. The van der Waals surface area contributed by atoms with Gasteiger partial charge in [0.15, 0.2) is 5.78 Å². The molecule has 1 aromatic carbocycles. The number of aldehydes is 1. The van der Waals surface area contributed by atoms with Gasteiger partial charge in [-0.15, -0.1) is 0 Å². The first-order valence-corrected chi connectivity index (χ1v) is 8.09. The van der Waals surface area contributed by atoms with Crippen LogP contribution in [0.1, 0.15) is 68.8 Å². The molecule has 1 aromatic rings. The van der Waals surface area contributed by atoms with Gasteiger partial charge in [-0.2, -0.15) is 5.26 Å². The summed E-state index contributed by atoms with van der Waals surface area (Å²) in [5.41, 5.74) is 1.87. The minimum Gasteiger partial charge on any atom is -0.303 e. The standard InChI is InChI=1S/C17H21NO2.C2H6/c1-14(20)17-10-8-15(9-11-17)6-7-16(13-19)5-3-2-4-12-18;1-2/h8-11,13,16H,2-7H2,1H3;1-2H3. The summed E-state index contributed by atoms with van der Waals surface area (Å²) >= 11 is 0. The predicted octanol–water partition coefficient (Wildman–Crippen LogP) is 4.75. The maximum Gasteiger partial charge on any atom is 0.159 e. The molecule has 3 nitrogen and oxygen atoms in total. The first kappa shape index (κ1) is 20.1. The lowest BCUT2D eigenvalue weighted by atomic mass is 9.95. The number of hydrogen-bond donors (Lipinski definition) is 0. The number of unbranched alkanes of at least 4 members (excludes halogenated alkanes) is 2. The van der Waals surface area contributed by atoms with E-state index in [2.05, 4.69) is 6.07 Å². The third-order valence-corrected chi connectivity index (χ3v) is 3.47. The van der Waals surface area contributed by atoms with Crippen molar-refractivity contribution in [3.8, 4) is 6.07 Å². The van der Waals surface area contributed by atoms with E-state index in [0.29, 0.717) is 6.42 Å². The average molecular weight is 301 g/mol. The summed E-state index contributed by atoms with van der Waals surface area (Å²) in [6.07, 6.45) is 5.93. The van der Waals surface area contributed by atoms with Crippen LogP contribution in [0.15, 0.2) is 24.3 Å². The number of carbonyl (C=O) groups is 2. The van der Waals surface area contributed by atoms with Crippen LogP contribution in [0.3, 0.4) is 0 Å². The van der Waals surface area contributed by atoms with Gasteiger partial charge in [0.05, 0.1) is 6.07 Å². The zero-order valence-corrected chi connectivity index (χ0v) is 14.0. The molecule has 0 spiro atoms. The molecule has 0 N–H and O–H groups in total. The Hall–Kier alpha value is -1.95. The van der Waals surface area contributed by atoms with Crippen molar-refractivity contribution >= 4 is 12.1 Å². The summed E-state index contributed by atoms with van der Waals surface area (Å²) < 4.78 is 0. The summed E-state index contributed by atoms with van der Waals surface area (Å²) in [4.78, 5) is 22.2. The fraction of sp³-hybridized carbons (Fsp3) is 0.526. The van der Waals surface area contributed by atoms with E-state index in [1.807, 2.05) is 38.1 Å². The van der Waals surface area contributed by atoms with E-state index in [4.69, 9.17) is 5.26 Å². The van der Waals surface area contributed by atoms with Gasteiger partial charge in [-0.25, -0.2) is 0 Å². The van der Waals surface area contributed by atoms with Gasteiger partial charge in [0.25, 0.3) is 0 Å². The fourth-order valence-corrected chi connectivity index (χ4v) is 2.15. The molecule has 0 aromatic heterocycles. The average Bonchev–Trinajstić information content (AvgIpc) is 2.56.